The van der Waals surface area contributed by atoms with Gasteiger partial charge in [0.25, 0.3) is 0 Å². The summed E-state index contributed by atoms with van der Waals surface area (Å²) in [6.07, 6.45) is 1.40. The maximum absolute atomic E-state index is 14.3. The van der Waals surface area contributed by atoms with Crippen molar-refractivity contribution < 1.29 is 13.5 Å². The molecule has 0 saturated carbocycles. The van der Waals surface area contributed by atoms with Gasteiger partial charge in [-0.3, -0.25) is 4.79 Å². The van der Waals surface area contributed by atoms with Crippen molar-refractivity contribution in [3.05, 3.63) is 69.2 Å². The second-order valence-electron chi connectivity index (χ2n) is 5.31. The lowest BCUT2D eigenvalue weighted by atomic mass is 10.2. The lowest BCUT2D eigenvalue weighted by molar-refractivity contribution is 0.405. The highest BCUT2D eigenvalue weighted by atomic mass is 35.5. The smallest absolute Gasteiger partial charge is 0.324 e. The second-order valence-corrected chi connectivity index (χ2v) is 5.67. The standard InChI is InChI=1S/C17H12ClF2N3O2/c1-9-4-3-5-11(19)15(9)25-17-21-14(13(20)16(18)22-17)10-6-7-12(24)23(2)8-10/h3-8H,1-2H3. The van der Waals surface area contributed by atoms with Crippen LogP contribution >= 0.6 is 11.6 Å². The van der Waals surface area contributed by atoms with Gasteiger partial charge in [0, 0.05) is 24.9 Å². The van der Waals surface area contributed by atoms with Crippen LogP contribution in [0.3, 0.4) is 0 Å². The summed E-state index contributed by atoms with van der Waals surface area (Å²) in [5.74, 6) is -1.54. The molecule has 0 unspecified atom stereocenters. The highest BCUT2D eigenvalue weighted by Crippen LogP contribution is 2.30. The van der Waals surface area contributed by atoms with Crippen molar-refractivity contribution in [2.24, 2.45) is 7.05 Å². The van der Waals surface area contributed by atoms with Gasteiger partial charge < -0.3 is 9.30 Å². The number of pyridine rings is 1. The average Bonchev–Trinajstić information content (AvgIpc) is 2.57. The molecule has 2 heterocycles. The summed E-state index contributed by atoms with van der Waals surface area (Å²) in [5.41, 5.74) is 0.411. The maximum Gasteiger partial charge on any atom is 0.324 e. The third-order valence-electron chi connectivity index (χ3n) is 3.51. The number of rotatable bonds is 3. The normalized spacial score (nSPS) is 10.8. The number of hydrogen-bond donors (Lipinski definition) is 0. The van der Waals surface area contributed by atoms with Crippen LogP contribution in [-0.2, 0) is 7.05 Å². The first-order valence-corrected chi connectivity index (χ1v) is 7.57. The molecule has 0 atom stereocenters. The zero-order valence-electron chi connectivity index (χ0n) is 13.3. The van der Waals surface area contributed by atoms with Crippen LogP contribution in [0.1, 0.15) is 5.56 Å². The Kier molecular flexibility index (Phi) is 4.50. The van der Waals surface area contributed by atoms with Gasteiger partial charge in [0.1, 0.15) is 5.69 Å². The van der Waals surface area contributed by atoms with E-state index in [-0.39, 0.29) is 23.0 Å². The molecule has 0 saturated heterocycles. The van der Waals surface area contributed by atoms with Gasteiger partial charge in [0.2, 0.25) is 5.56 Å². The van der Waals surface area contributed by atoms with E-state index in [9.17, 15) is 13.6 Å². The highest BCUT2D eigenvalue weighted by molar-refractivity contribution is 6.29. The Morgan fingerprint density at radius 2 is 1.92 bits per heavy atom. The molecule has 128 valence electrons. The quantitative estimate of drug-likeness (QED) is 0.663. The van der Waals surface area contributed by atoms with E-state index in [0.717, 1.165) is 0 Å². The van der Waals surface area contributed by atoms with Gasteiger partial charge in [-0.2, -0.15) is 9.97 Å². The van der Waals surface area contributed by atoms with Gasteiger partial charge in [-0.05, 0) is 24.6 Å². The van der Waals surface area contributed by atoms with Gasteiger partial charge in [-0.1, -0.05) is 23.7 Å². The zero-order valence-corrected chi connectivity index (χ0v) is 14.0. The Balaban J connectivity index is 2.10. The van der Waals surface area contributed by atoms with Crippen LogP contribution in [0.15, 0.2) is 41.3 Å². The van der Waals surface area contributed by atoms with Crippen molar-refractivity contribution in [2.75, 3.05) is 0 Å². The number of aromatic nitrogens is 3. The fraction of sp³-hybridized carbons (Fsp3) is 0.118. The van der Waals surface area contributed by atoms with Crippen LogP contribution in [-0.4, -0.2) is 14.5 Å². The van der Waals surface area contributed by atoms with Gasteiger partial charge in [-0.25, -0.2) is 8.78 Å². The van der Waals surface area contributed by atoms with Gasteiger partial charge >= 0.3 is 6.01 Å². The van der Waals surface area contributed by atoms with Crippen molar-refractivity contribution in [3.8, 4) is 23.0 Å². The Morgan fingerprint density at radius 3 is 2.60 bits per heavy atom. The molecule has 25 heavy (non-hydrogen) atoms. The first-order valence-electron chi connectivity index (χ1n) is 7.20. The highest BCUT2D eigenvalue weighted by Gasteiger charge is 2.18. The molecule has 3 rings (SSSR count). The van der Waals surface area contributed by atoms with Crippen LogP contribution in [0.25, 0.3) is 11.3 Å². The molecule has 0 radical (unpaired) electrons. The summed E-state index contributed by atoms with van der Waals surface area (Å²) < 4.78 is 34.9. The Morgan fingerprint density at radius 1 is 1.16 bits per heavy atom. The Bertz CT molecular complexity index is 1000. The van der Waals surface area contributed by atoms with E-state index in [2.05, 4.69) is 9.97 Å². The fourth-order valence-corrected chi connectivity index (χ4v) is 2.37. The lowest BCUT2D eigenvalue weighted by Crippen LogP contribution is -2.14. The monoisotopic (exact) mass is 363 g/mol. The largest absolute Gasteiger partial charge is 0.421 e. The van der Waals surface area contributed by atoms with E-state index in [1.807, 2.05) is 0 Å². The summed E-state index contributed by atoms with van der Waals surface area (Å²) in [6.45, 7) is 1.65. The van der Waals surface area contributed by atoms with Crippen LogP contribution in [0.4, 0.5) is 8.78 Å². The van der Waals surface area contributed by atoms with Gasteiger partial charge in [0.15, 0.2) is 22.5 Å². The molecule has 0 spiro atoms. The van der Waals surface area contributed by atoms with Crippen LogP contribution in [0, 0.1) is 18.6 Å². The fourth-order valence-electron chi connectivity index (χ4n) is 2.21. The summed E-state index contributed by atoms with van der Waals surface area (Å²) in [7, 11) is 1.52. The van der Waals surface area contributed by atoms with Gasteiger partial charge in [0.05, 0.1) is 0 Å². The first kappa shape index (κ1) is 17.0. The third kappa shape index (κ3) is 3.36. The van der Waals surface area contributed by atoms with E-state index >= 15 is 0 Å². The van der Waals surface area contributed by atoms with E-state index in [0.29, 0.717) is 11.1 Å². The molecule has 0 fully saturated rings. The minimum absolute atomic E-state index is 0.0726. The predicted octanol–water partition coefficient (Wildman–Crippen LogP) is 3.87. The Hall–Kier alpha value is -2.80. The van der Waals surface area contributed by atoms with Crippen LogP contribution in [0.2, 0.25) is 5.15 Å². The molecule has 0 aliphatic heterocycles. The van der Waals surface area contributed by atoms with Crippen molar-refractivity contribution >= 4 is 11.6 Å². The number of benzene rings is 1. The summed E-state index contributed by atoms with van der Waals surface area (Å²) >= 11 is 5.82. The molecule has 0 aliphatic carbocycles. The number of aryl methyl sites for hydroxylation is 2. The van der Waals surface area contributed by atoms with Crippen LogP contribution in [0.5, 0.6) is 11.8 Å². The topological polar surface area (TPSA) is 57.0 Å². The second kappa shape index (κ2) is 6.60. The molecule has 0 amide bonds. The molecule has 0 aliphatic rings. The number of hydrogen-bond acceptors (Lipinski definition) is 4. The van der Waals surface area contributed by atoms with Crippen molar-refractivity contribution in [3.63, 3.8) is 0 Å². The molecular weight excluding hydrogens is 352 g/mol. The average molecular weight is 364 g/mol. The molecule has 2 aromatic heterocycles. The third-order valence-corrected chi connectivity index (χ3v) is 3.76. The zero-order chi connectivity index (χ0) is 18.1. The number of para-hydroxylation sites is 1. The molecule has 5 nitrogen and oxygen atoms in total. The molecule has 0 N–H and O–H groups in total. The molecule has 1 aromatic carbocycles. The summed E-state index contributed by atoms with van der Waals surface area (Å²) in [5, 5.41) is -0.470. The molecule has 8 heteroatoms. The summed E-state index contributed by atoms with van der Waals surface area (Å²) in [4.78, 5) is 19.2. The number of nitrogens with zero attached hydrogens (tertiary/aromatic N) is 3. The SMILES string of the molecule is Cc1cccc(F)c1Oc1nc(Cl)c(F)c(-c2ccc(=O)n(C)c2)n1. The Labute approximate surface area is 146 Å². The summed E-state index contributed by atoms with van der Waals surface area (Å²) in [6, 6.07) is 6.78. The van der Waals surface area contributed by atoms with Crippen molar-refractivity contribution in [1.82, 2.24) is 14.5 Å². The van der Waals surface area contributed by atoms with E-state index in [1.165, 1.54) is 42.1 Å². The van der Waals surface area contributed by atoms with E-state index < -0.39 is 16.8 Å². The number of halogens is 3. The number of ether oxygens (including phenoxy) is 1. The molecule has 0 bridgehead atoms. The minimum atomic E-state index is -0.863. The first-order chi connectivity index (χ1) is 11.9. The van der Waals surface area contributed by atoms with E-state index in [4.69, 9.17) is 16.3 Å². The predicted molar refractivity (Wildman–Crippen MR) is 88.9 cm³/mol. The molecular formula is C17H12ClF2N3O2. The maximum atomic E-state index is 14.3. The lowest BCUT2D eigenvalue weighted by Gasteiger charge is -2.11. The van der Waals surface area contributed by atoms with Crippen molar-refractivity contribution in [2.45, 2.75) is 6.92 Å². The molecule has 3 aromatic rings. The van der Waals surface area contributed by atoms with Crippen LogP contribution < -0.4 is 10.3 Å². The van der Waals surface area contributed by atoms with E-state index in [1.54, 1.807) is 13.0 Å². The van der Waals surface area contributed by atoms with Gasteiger partial charge in [-0.15, -0.1) is 0 Å². The minimum Gasteiger partial charge on any atom is -0.421 e. The van der Waals surface area contributed by atoms with Crippen molar-refractivity contribution in [1.29, 1.82) is 0 Å².